The second kappa shape index (κ2) is 8.59. The van der Waals surface area contributed by atoms with E-state index in [0.29, 0.717) is 18.0 Å². The van der Waals surface area contributed by atoms with Crippen LogP contribution in [-0.2, 0) is 20.0 Å². The van der Waals surface area contributed by atoms with E-state index >= 15 is 0 Å². The number of imidazole rings is 1. The lowest BCUT2D eigenvalue weighted by Crippen LogP contribution is -2.32. The number of aromatic nitrogens is 2. The number of aryl methyl sites for hydroxylation is 1. The van der Waals surface area contributed by atoms with Crippen molar-refractivity contribution < 1.29 is 17.6 Å². The van der Waals surface area contributed by atoms with Gasteiger partial charge in [0.2, 0.25) is 0 Å². The Bertz CT molecular complexity index is 869. The summed E-state index contributed by atoms with van der Waals surface area (Å²) in [6, 6.07) is 4.34. The van der Waals surface area contributed by atoms with E-state index in [1.807, 2.05) is 30.8 Å². The Morgan fingerprint density at radius 1 is 1.31 bits per heavy atom. The van der Waals surface area contributed by atoms with E-state index in [4.69, 9.17) is 0 Å². The molecule has 1 fully saturated rings. The molecule has 2 unspecified atom stereocenters. The molecule has 1 aromatic heterocycles. The zero-order valence-corrected chi connectivity index (χ0v) is 17.0. The highest BCUT2D eigenvalue weighted by molar-refractivity contribution is 5.60. The summed E-state index contributed by atoms with van der Waals surface area (Å²) < 4.78 is 54.3. The molecule has 0 N–H and O–H groups in total. The molecule has 29 heavy (non-hydrogen) atoms. The van der Waals surface area contributed by atoms with E-state index < -0.39 is 18.4 Å². The molecule has 0 aliphatic heterocycles. The molecule has 1 saturated carbocycles. The van der Waals surface area contributed by atoms with Gasteiger partial charge in [-0.1, -0.05) is 25.1 Å². The van der Waals surface area contributed by atoms with Crippen LogP contribution in [0.1, 0.15) is 49.9 Å². The van der Waals surface area contributed by atoms with Gasteiger partial charge in [-0.3, -0.25) is 0 Å². The van der Waals surface area contributed by atoms with Crippen LogP contribution in [0.15, 0.2) is 36.8 Å². The third kappa shape index (κ3) is 5.40. The first-order valence-electron chi connectivity index (χ1n) is 9.91. The summed E-state index contributed by atoms with van der Waals surface area (Å²) in [5, 5.41) is 0. The Morgan fingerprint density at radius 2 is 2.07 bits per heavy atom. The SMILES string of the molecule is C/C=C(\c1cn(C)cn1)N(Cc1ccc(F)c(CC(F)(F)F)c1)C1CCC(C)C1. The number of rotatable bonds is 6. The van der Waals surface area contributed by atoms with Gasteiger partial charge in [-0.15, -0.1) is 0 Å². The summed E-state index contributed by atoms with van der Waals surface area (Å²) in [5.41, 5.74) is 2.13. The van der Waals surface area contributed by atoms with Gasteiger partial charge < -0.3 is 9.47 Å². The van der Waals surface area contributed by atoms with Crippen LogP contribution in [0.25, 0.3) is 5.70 Å². The molecule has 0 radical (unpaired) electrons. The summed E-state index contributed by atoms with van der Waals surface area (Å²) in [7, 11) is 1.90. The third-order valence-corrected chi connectivity index (χ3v) is 5.51. The third-order valence-electron chi connectivity index (χ3n) is 5.51. The largest absolute Gasteiger partial charge is 0.393 e. The molecule has 1 aliphatic rings. The number of hydrogen-bond acceptors (Lipinski definition) is 2. The second-order valence-corrected chi connectivity index (χ2v) is 8.02. The molecule has 2 atom stereocenters. The average Bonchev–Trinajstić information content (AvgIpc) is 3.25. The van der Waals surface area contributed by atoms with Crippen molar-refractivity contribution in [2.75, 3.05) is 0 Å². The molecule has 3 rings (SSSR count). The number of halogens is 4. The number of allylic oxidation sites excluding steroid dienone is 1. The molecule has 2 aromatic rings. The molecule has 3 nitrogen and oxygen atoms in total. The van der Waals surface area contributed by atoms with Gasteiger partial charge in [0, 0.05) is 25.8 Å². The highest BCUT2D eigenvalue weighted by atomic mass is 19.4. The van der Waals surface area contributed by atoms with E-state index in [9.17, 15) is 17.6 Å². The van der Waals surface area contributed by atoms with Gasteiger partial charge in [-0.25, -0.2) is 9.37 Å². The van der Waals surface area contributed by atoms with Crippen LogP contribution in [0.2, 0.25) is 0 Å². The number of alkyl halides is 3. The van der Waals surface area contributed by atoms with Crippen LogP contribution in [-0.4, -0.2) is 26.7 Å². The smallest absolute Gasteiger partial charge is 0.363 e. The summed E-state index contributed by atoms with van der Waals surface area (Å²) >= 11 is 0. The maximum atomic E-state index is 13.9. The van der Waals surface area contributed by atoms with Crippen molar-refractivity contribution in [3.8, 4) is 0 Å². The molecule has 0 saturated heterocycles. The van der Waals surface area contributed by atoms with Crippen molar-refractivity contribution >= 4 is 5.70 Å². The fraction of sp³-hybridized carbons (Fsp3) is 0.500. The van der Waals surface area contributed by atoms with E-state index in [2.05, 4.69) is 16.8 Å². The van der Waals surface area contributed by atoms with Crippen molar-refractivity contribution in [3.63, 3.8) is 0 Å². The predicted molar refractivity (Wildman–Crippen MR) is 105 cm³/mol. The van der Waals surface area contributed by atoms with Crippen molar-refractivity contribution in [1.29, 1.82) is 0 Å². The molecule has 0 spiro atoms. The van der Waals surface area contributed by atoms with Gasteiger partial charge in [0.05, 0.1) is 18.4 Å². The Morgan fingerprint density at radius 3 is 2.62 bits per heavy atom. The maximum Gasteiger partial charge on any atom is 0.393 e. The van der Waals surface area contributed by atoms with Crippen LogP contribution in [0.3, 0.4) is 0 Å². The highest BCUT2D eigenvalue weighted by Crippen LogP contribution is 2.35. The first kappa shape index (κ1) is 21.4. The van der Waals surface area contributed by atoms with Crippen LogP contribution in [0.4, 0.5) is 17.6 Å². The van der Waals surface area contributed by atoms with Crippen molar-refractivity contribution in [3.05, 3.63) is 59.4 Å². The molecular formula is C22H27F4N3. The Hall–Kier alpha value is -2.31. The van der Waals surface area contributed by atoms with Gasteiger partial charge in [0.1, 0.15) is 11.5 Å². The van der Waals surface area contributed by atoms with E-state index in [0.717, 1.165) is 36.7 Å². The molecule has 1 aromatic carbocycles. The summed E-state index contributed by atoms with van der Waals surface area (Å²) in [6.45, 7) is 4.57. The molecular weight excluding hydrogens is 382 g/mol. The molecule has 1 heterocycles. The summed E-state index contributed by atoms with van der Waals surface area (Å²) in [6.07, 6.45) is 3.09. The predicted octanol–water partition coefficient (Wildman–Crippen LogP) is 5.72. The van der Waals surface area contributed by atoms with Gasteiger partial charge in [0.15, 0.2) is 0 Å². The molecule has 0 amide bonds. The fourth-order valence-electron chi connectivity index (χ4n) is 4.15. The van der Waals surface area contributed by atoms with Crippen LogP contribution in [0.5, 0.6) is 0 Å². The van der Waals surface area contributed by atoms with Crippen molar-refractivity contribution in [2.24, 2.45) is 13.0 Å². The fourth-order valence-corrected chi connectivity index (χ4v) is 4.15. The molecule has 7 heteroatoms. The van der Waals surface area contributed by atoms with Gasteiger partial charge in [0.25, 0.3) is 0 Å². The van der Waals surface area contributed by atoms with Crippen LogP contribution in [0, 0.1) is 11.7 Å². The Kier molecular flexibility index (Phi) is 6.34. The monoisotopic (exact) mass is 409 g/mol. The lowest BCUT2D eigenvalue weighted by Gasteiger charge is -2.33. The van der Waals surface area contributed by atoms with Crippen molar-refractivity contribution in [2.45, 2.75) is 58.3 Å². The lowest BCUT2D eigenvalue weighted by molar-refractivity contribution is -0.127. The van der Waals surface area contributed by atoms with Crippen LogP contribution >= 0.6 is 0 Å². The van der Waals surface area contributed by atoms with Crippen molar-refractivity contribution in [1.82, 2.24) is 14.5 Å². The average molecular weight is 409 g/mol. The van der Waals surface area contributed by atoms with E-state index in [1.54, 1.807) is 12.4 Å². The Balaban J connectivity index is 1.92. The zero-order valence-electron chi connectivity index (χ0n) is 17.0. The van der Waals surface area contributed by atoms with Gasteiger partial charge in [-0.05, 0) is 49.3 Å². The minimum Gasteiger partial charge on any atom is -0.363 e. The summed E-state index contributed by atoms with van der Waals surface area (Å²) in [5.74, 6) is -0.221. The minimum absolute atomic E-state index is 0.273. The van der Waals surface area contributed by atoms with Gasteiger partial charge >= 0.3 is 6.18 Å². The topological polar surface area (TPSA) is 21.1 Å². The normalized spacial score (nSPS) is 20.3. The molecule has 1 aliphatic carbocycles. The second-order valence-electron chi connectivity index (χ2n) is 8.02. The number of benzene rings is 1. The van der Waals surface area contributed by atoms with Crippen LogP contribution < -0.4 is 0 Å². The standard InChI is InChI=1S/C22H27F4N3/c1-4-21(20-13-28(3)14-27-20)29(18-7-5-15(2)9-18)12-16-6-8-19(23)17(10-16)11-22(24,25)26/h4,6,8,10,13-15,18H,5,7,9,11-12H2,1-3H3/b21-4+. The minimum atomic E-state index is -4.44. The van der Waals surface area contributed by atoms with E-state index in [1.165, 1.54) is 6.07 Å². The Labute approximate surface area is 169 Å². The first-order chi connectivity index (χ1) is 13.7. The quantitative estimate of drug-likeness (QED) is 0.570. The zero-order chi connectivity index (χ0) is 21.2. The molecule has 0 bridgehead atoms. The number of hydrogen-bond donors (Lipinski definition) is 0. The highest BCUT2D eigenvalue weighted by Gasteiger charge is 2.31. The van der Waals surface area contributed by atoms with E-state index in [-0.39, 0.29) is 11.6 Å². The first-order valence-corrected chi connectivity index (χ1v) is 9.91. The maximum absolute atomic E-state index is 13.9. The lowest BCUT2D eigenvalue weighted by atomic mass is 10.0. The number of nitrogens with zero attached hydrogens (tertiary/aromatic N) is 3. The van der Waals surface area contributed by atoms with Gasteiger partial charge in [-0.2, -0.15) is 13.2 Å². The molecule has 158 valence electrons. The summed E-state index contributed by atoms with van der Waals surface area (Å²) in [4.78, 5) is 6.68.